The summed E-state index contributed by atoms with van der Waals surface area (Å²) < 4.78 is 5.39. The summed E-state index contributed by atoms with van der Waals surface area (Å²) >= 11 is 0. The Bertz CT molecular complexity index is 374. The topological polar surface area (TPSA) is 47.0 Å². The van der Waals surface area contributed by atoms with Gasteiger partial charge in [0.25, 0.3) is 0 Å². The first-order chi connectivity index (χ1) is 9.69. The van der Waals surface area contributed by atoms with Crippen molar-refractivity contribution in [2.24, 2.45) is 0 Å². The van der Waals surface area contributed by atoms with Crippen LogP contribution >= 0.6 is 0 Å². The highest BCUT2D eigenvalue weighted by Crippen LogP contribution is 2.23. The van der Waals surface area contributed by atoms with E-state index < -0.39 is 0 Å². The molecule has 0 bridgehead atoms. The molecule has 4 heteroatoms. The van der Waals surface area contributed by atoms with E-state index in [-0.39, 0.29) is 0 Å². The van der Waals surface area contributed by atoms with Gasteiger partial charge in [0.1, 0.15) is 12.1 Å². The quantitative estimate of drug-likeness (QED) is 0.905. The molecule has 1 N–H and O–H groups in total. The molecule has 4 nitrogen and oxygen atoms in total. The summed E-state index contributed by atoms with van der Waals surface area (Å²) in [6.45, 7) is 8.30. The van der Waals surface area contributed by atoms with Crippen LogP contribution in [0.4, 0.5) is 5.82 Å². The molecule has 1 aliphatic rings. The first-order valence-electron chi connectivity index (χ1n) is 7.80. The zero-order valence-corrected chi connectivity index (χ0v) is 13.5. The van der Waals surface area contributed by atoms with Gasteiger partial charge in [-0.2, -0.15) is 0 Å². The van der Waals surface area contributed by atoms with Crippen LogP contribution in [0.25, 0.3) is 0 Å². The van der Waals surface area contributed by atoms with Crippen LogP contribution in [0.15, 0.2) is 12.4 Å². The minimum absolute atomic E-state index is 0.442. The van der Waals surface area contributed by atoms with Gasteiger partial charge in [-0.15, -0.1) is 0 Å². The van der Waals surface area contributed by atoms with Gasteiger partial charge in [0.2, 0.25) is 0 Å². The normalized spacial score (nSPS) is 22.1. The van der Waals surface area contributed by atoms with E-state index in [9.17, 15) is 0 Å². The molecule has 1 aromatic heterocycles. The van der Waals surface area contributed by atoms with Crippen LogP contribution in [0.1, 0.15) is 65.0 Å². The lowest BCUT2D eigenvalue weighted by atomic mass is 9.93. The van der Waals surface area contributed by atoms with Crippen LogP contribution in [-0.4, -0.2) is 29.2 Å². The maximum atomic E-state index is 5.39. The molecular weight excluding hydrogens is 250 g/mol. The van der Waals surface area contributed by atoms with Crippen molar-refractivity contribution in [3.63, 3.8) is 0 Å². The van der Waals surface area contributed by atoms with E-state index in [1.165, 1.54) is 0 Å². The number of anilines is 1. The highest BCUT2D eigenvalue weighted by Gasteiger charge is 2.20. The summed E-state index contributed by atoms with van der Waals surface area (Å²) in [5, 5.41) is 3.51. The zero-order chi connectivity index (χ0) is 15.0. The van der Waals surface area contributed by atoms with E-state index >= 15 is 0 Å². The van der Waals surface area contributed by atoms with Gasteiger partial charge in [0.05, 0.1) is 6.10 Å². The third-order valence-electron chi connectivity index (χ3n) is 3.64. The number of ether oxygens (including phenoxy) is 1. The SMILES string of the molecule is CC.COC1CCC(Nc2cc(C(C)C)ncn2)CC1. The van der Waals surface area contributed by atoms with Gasteiger partial charge in [-0.1, -0.05) is 27.7 Å². The molecule has 114 valence electrons. The molecule has 0 saturated heterocycles. The Labute approximate surface area is 123 Å². The molecule has 0 radical (unpaired) electrons. The van der Waals surface area contributed by atoms with E-state index in [0.717, 1.165) is 37.2 Å². The Hall–Kier alpha value is -1.16. The smallest absolute Gasteiger partial charge is 0.129 e. The fourth-order valence-corrected chi connectivity index (χ4v) is 2.42. The first kappa shape index (κ1) is 16.9. The zero-order valence-electron chi connectivity index (χ0n) is 13.5. The molecule has 0 aromatic carbocycles. The summed E-state index contributed by atoms with van der Waals surface area (Å²) in [5.41, 5.74) is 1.10. The lowest BCUT2D eigenvalue weighted by Crippen LogP contribution is -2.29. The van der Waals surface area contributed by atoms with Gasteiger partial charge < -0.3 is 10.1 Å². The van der Waals surface area contributed by atoms with Crippen molar-refractivity contribution in [2.45, 2.75) is 71.4 Å². The van der Waals surface area contributed by atoms with Crippen molar-refractivity contribution in [2.75, 3.05) is 12.4 Å². The number of rotatable bonds is 4. The van der Waals surface area contributed by atoms with Crippen LogP contribution in [-0.2, 0) is 4.74 Å². The summed E-state index contributed by atoms with van der Waals surface area (Å²) in [6.07, 6.45) is 6.67. The van der Waals surface area contributed by atoms with Crippen LogP contribution in [0.5, 0.6) is 0 Å². The molecule has 0 unspecified atom stereocenters. The second-order valence-electron chi connectivity index (χ2n) is 5.34. The van der Waals surface area contributed by atoms with Crippen LogP contribution in [0.3, 0.4) is 0 Å². The first-order valence-corrected chi connectivity index (χ1v) is 7.80. The lowest BCUT2D eigenvalue weighted by Gasteiger charge is -2.28. The summed E-state index contributed by atoms with van der Waals surface area (Å²) in [4.78, 5) is 8.59. The largest absolute Gasteiger partial charge is 0.381 e. The molecule has 1 aromatic rings. The molecule has 1 heterocycles. The van der Waals surface area contributed by atoms with Crippen LogP contribution < -0.4 is 5.32 Å². The molecule has 0 amide bonds. The van der Waals surface area contributed by atoms with E-state index in [2.05, 4.69) is 35.2 Å². The van der Waals surface area contributed by atoms with Gasteiger partial charge >= 0.3 is 0 Å². The average molecular weight is 279 g/mol. The number of nitrogens with one attached hydrogen (secondary N) is 1. The maximum absolute atomic E-state index is 5.39. The molecule has 2 rings (SSSR count). The van der Waals surface area contributed by atoms with Gasteiger partial charge in [0.15, 0.2) is 0 Å². The predicted octanol–water partition coefficient (Wildman–Crippen LogP) is 4.00. The van der Waals surface area contributed by atoms with Gasteiger partial charge in [-0.25, -0.2) is 9.97 Å². The molecule has 0 aliphatic heterocycles. The Kier molecular flexibility index (Phi) is 7.52. The Morgan fingerprint density at radius 2 is 1.80 bits per heavy atom. The number of hydrogen-bond donors (Lipinski definition) is 1. The highest BCUT2D eigenvalue weighted by molar-refractivity contribution is 5.36. The Morgan fingerprint density at radius 3 is 2.35 bits per heavy atom. The number of methoxy groups -OCH3 is 1. The van der Waals surface area contributed by atoms with Crippen molar-refractivity contribution < 1.29 is 4.74 Å². The fourth-order valence-electron chi connectivity index (χ4n) is 2.42. The third-order valence-corrected chi connectivity index (χ3v) is 3.64. The molecule has 1 aliphatic carbocycles. The number of aromatic nitrogens is 2. The Morgan fingerprint density at radius 1 is 1.15 bits per heavy atom. The van der Waals surface area contributed by atoms with Crippen LogP contribution in [0.2, 0.25) is 0 Å². The number of nitrogens with zero attached hydrogens (tertiary/aromatic N) is 2. The third kappa shape index (κ3) is 5.08. The molecule has 1 saturated carbocycles. The molecule has 1 fully saturated rings. The van der Waals surface area contributed by atoms with Crippen molar-refractivity contribution in [3.05, 3.63) is 18.1 Å². The van der Waals surface area contributed by atoms with E-state index in [1.54, 1.807) is 13.4 Å². The second kappa shape index (κ2) is 8.90. The van der Waals surface area contributed by atoms with Gasteiger partial charge in [0, 0.05) is 24.9 Å². The molecule has 0 atom stereocenters. The van der Waals surface area contributed by atoms with Crippen molar-refractivity contribution in [3.8, 4) is 0 Å². The fraction of sp³-hybridized carbons (Fsp3) is 0.750. The summed E-state index contributed by atoms with van der Waals surface area (Å²) in [5.74, 6) is 1.40. The standard InChI is InChI=1S/C14H23N3O.C2H6/c1-10(2)13-8-14(16-9-15-13)17-11-4-6-12(18-3)7-5-11;1-2/h8-12H,4-7H2,1-3H3,(H,15,16,17);1-2H3. The average Bonchev–Trinajstić information content (AvgIpc) is 2.50. The minimum atomic E-state index is 0.442. The van der Waals surface area contributed by atoms with Crippen molar-refractivity contribution >= 4 is 5.82 Å². The predicted molar refractivity (Wildman–Crippen MR) is 84.1 cm³/mol. The number of hydrogen-bond acceptors (Lipinski definition) is 4. The lowest BCUT2D eigenvalue weighted by molar-refractivity contribution is 0.0681. The van der Waals surface area contributed by atoms with E-state index in [1.807, 2.05) is 13.8 Å². The summed E-state index contributed by atoms with van der Waals surface area (Å²) in [6, 6.07) is 2.58. The van der Waals surface area contributed by atoms with Crippen LogP contribution in [0, 0.1) is 0 Å². The minimum Gasteiger partial charge on any atom is -0.381 e. The second-order valence-corrected chi connectivity index (χ2v) is 5.34. The van der Waals surface area contributed by atoms with Crippen molar-refractivity contribution in [1.82, 2.24) is 9.97 Å². The van der Waals surface area contributed by atoms with Gasteiger partial charge in [-0.05, 0) is 31.6 Å². The van der Waals surface area contributed by atoms with E-state index in [0.29, 0.717) is 18.1 Å². The summed E-state index contributed by atoms with van der Waals surface area (Å²) in [7, 11) is 1.80. The van der Waals surface area contributed by atoms with Crippen molar-refractivity contribution in [1.29, 1.82) is 0 Å². The highest BCUT2D eigenvalue weighted by atomic mass is 16.5. The van der Waals surface area contributed by atoms with Gasteiger partial charge in [-0.3, -0.25) is 0 Å². The molecule has 20 heavy (non-hydrogen) atoms. The molecule has 0 spiro atoms. The maximum Gasteiger partial charge on any atom is 0.129 e. The molecular formula is C16H29N3O. The monoisotopic (exact) mass is 279 g/mol. The van der Waals surface area contributed by atoms with E-state index in [4.69, 9.17) is 4.74 Å². The Balaban J connectivity index is 0.000000956.